The predicted molar refractivity (Wildman–Crippen MR) is 104 cm³/mol. The van der Waals surface area contributed by atoms with E-state index in [1.807, 2.05) is 33.8 Å². The molecule has 0 aliphatic carbocycles. The lowest BCUT2D eigenvalue weighted by Gasteiger charge is -2.17. The molecule has 0 heterocycles. The first kappa shape index (κ1) is 19.9. The molecule has 0 saturated carbocycles. The zero-order chi connectivity index (χ0) is 19.3. The molecule has 0 amide bonds. The average molecular weight is 378 g/mol. The normalized spacial score (nSPS) is 10.7. The third-order valence-corrected chi connectivity index (χ3v) is 4.07. The number of carbonyl (C=O) groups is 1. The maximum absolute atomic E-state index is 11.0. The third-order valence-electron chi connectivity index (χ3n) is 3.72. The van der Waals surface area contributed by atoms with Crippen molar-refractivity contribution < 1.29 is 19.4 Å². The minimum absolute atomic E-state index is 0.0182. The van der Waals surface area contributed by atoms with Gasteiger partial charge in [-0.3, -0.25) is 0 Å². The Morgan fingerprint density at radius 3 is 2.54 bits per heavy atom. The first-order chi connectivity index (χ1) is 12.3. The molecule has 26 heavy (non-hydrogen) atoms. The molecule has 0 fully saturated rings. The Kier molecular flexibility index (Phi) is 6.75. The number of carboxylic acids is 1. The van der Waals surface area contributed by atoms with E-state index in [4.69, 9.17) is 26.2 Å². The zero-order valence-electron chi connectivity index (χ0n) is 15.4. The number of ether oxygens (including phenoxy) is 2. The summed E-state index contributed by atoms with van der Waals surface area (Å²) in [5.41, 5.74) is 2.84. The highest BCUT2D eigenvalue weighted by atomic mass is 35.5. The van der Waals surface area contributed by atoms with Crippen LogP contribution in [0.2, 0.25) is 5.02 Å². The van der Waals surface area contributed by atoms with E-state index in [0.717, 1.165) is 16.8 Å². The number of carboxylic acid groups (broad SMARTS) is 1. The molecule has 0 spiro atoms. The zero-order valence-corrected chi connectivity index (χ0v) is 16.2. The highest BCUT2D eigenvalue weighted by Gasteiger charge is 2.13. The van der Waals surface area contributed by atoms with Crippen molar-refractivity contribution in [3.8, 4) is 11.5 Å². The lowest BCUT2D eigenvalue weighted by Crippen LogP contribution is -2.09. The standard InChI is InChI=1S/C20H24ClNO4/c1-5-25-18-9-15(16(21)10-19(18)26-12(2)3)11-22-17-7-6-14(20(23)24)8-13(17)4/h6-10,12,22H,5,11H2,1-4H3,(H,23,24). The van der Waals surface area contributed by atoms with Gasteiger partial charge in [0.2, 0.25) is 0 Å². The molecule has 2 rings (SSSR count). The lowest BCUT2D eigenvalue weighted by atomic mass is 10.1. The van der Waals surface area contributed by atoms with Gasteiger partial charge in [0.05, 0.1) is 18.3 Å². The summed E-state index contributed by atoms with van der Waals surface area (Å²) in [5, 5.41) is 12.9. The van der Waals surface area contributed by atoms with Gasteiger partial charge in [0.1, 0.15) is 0 Å². The summed E-state index contributed by atoms with van der Waals surface area (Å²) >= 11 is 6.40. The van der Waals surface area contributed by atoms with E-state index in [1.54, 1.807) is 24.3 Å². The van der Waals surface area contributed by atoms with Crippen LogP contribution in [0.4, 0.5) is 5.69 Å². The number of anilines is 1. The Balaban J connectivity index is 2.21. The molecule has 0 aliphatic heterocycles. The van der Waals surface area contributed by atoms with Crippen molar-refractivity contribution in [3.05, 3.63) is 52.0 Å². The highest BCUT2D eigenvalue weighted by Crippen LogP contribution is 2.35. The van der Waals surface area contributed by atoms with Gasteiger partial charge in [0.25, 0.3) is 0 Å². The lowest BCUT2D eigenvalue weighted by molar-refractivity contribution is 0.0697. The number of aromatic carboxylic acids is 1. The van der Waals surface area contributed by atoms with Crippen molar-refractivity contribution in [1.82, 2.24) is 0 Å². The third kappa shape index (κ3) is 5.05. The van der Waals surface area contributed by atoms with Crippen LogP contribution in [-0.2, 0) is 6.54 Å². The van der Waals surface area contributed by atoms with Crippen LogP contribution in [-0.4, -0.2) is 23.8 Å². The molecule has 6 heteroatoms. The van der Waals surface area contributed by atoms with E-state index in [2.05, 4.69) is 5.32 Å². The molecule has 0 bridgehead atoms. The Bertz CT molecular complexity index is 790. The summed E-state index contributed by atoms with van der Waals surface area (Å²) in [7, 11) is 0. The molecule has 2 aromatic rings. The van der Waals surface area contributed by atoms with Gasteiger partial charge < -0.3 is 19.9 Å². The van der Waals surface area contributed by atoms with Crippen LogP contribution in [0, 0.1) is 6.92 Å². The van der Waals surface area contributed by atoms with Gasteiger partial charge in [-0.05, 0) is 63.1 Å². The summed E-state index contributed by atoms with van der Waals surface area (Å²) in [6, 6.07) is 8.61. The topological polar surface area (TPSA) is 67.8 Å². The van der Waals surface area contributed by atoms with Crippen LogP contribution in [0.25, 0.3) is 0 Å². The van der Waals surface area contributed by atoms with Gasteiger partial charge >= 0.3 is 5.97 Å². The molecule has 0 radical (unpaired) electrons. The van der Waals surface area contributed by atoms with Gasteiger partial charge in [-0.1, -0.05) is 11.6 Å². The van der Waals surface area contributed by atoms with Gasteiger partial charge in [-0.15, -0.1) is 0 Å². The van der Waals surface area contributed by atoms with E-state index >= 15 is 0 Å². The largest absolute Gasteiger partial charge is 0.490 e. The average Bonchev–Trinajstić information content (AvgIpc) is 2.56. The molecule has 2 N–H and O–H groups in total. The SMILES string of the molecule is CCOc1cc(CNc2ccc(C(=O)O)cc2C)c(Cl)cc1OC(C)C. The molecular formula is C20H24ClNO4. The van der Waals surface area contributed by atoms with Crippen molar-refractivity contribution in [1.29, 1.82) is 0 Å². The minimum atomic E-state index is -0.940. The fraction of sp³-hybridized carbons (Fsp3) is 0.350. The fourth-order valence-corrected chi connectivity index (χ4v) is 2.73. The van der Waals surface area contributed by atoms with Crippen molar-refractivity contribution in [2.45, 2.75) is 40.3 Å². The number of halogens is 1. The predicted octanol–water partition coefficient (Wildman–Crippen LogP) is 5.14. The Morgan fingerprint density at radius 1 is 1.23 bits per heavy atom. The van der Waals surface area contributed by atoms with Crippen molar-refractivity contribution in [3.63, 3.8) is 0 Å². The number of nitrogens with one attached hydrogen (secondary N) is 1. The molecular weight excluding hydrogens is 354 g/mol. The first-order valence-electron chi connectivity index (χ1n) is 8.51. The molecule has 5 nitrogen and oxygen atoms in total. The van der Waals surface area contributed by atoms with E-state index in [-0.39, 0.29) is 11.7 Å². The molecule has 0 aromatic heterocycles. The maximum atomic E-state index is 11.0. The molecule has 2 aromatic carbocycles. The first-order valence-corrected chi connectivity index (χ1v) is 8.89. The van der Waals surface area contributed by atoms with Crippen LogP contribution in [0.3, 0.4) is 0 Å². The van der Waals surface area contributed by atoms with E-state index in [1.165, 1.54) is 0 Å². The van der Waals surface area contributed by atoms with E-state index in [9.17, 15) is 4.79 Å². The molecule has 0 saturated heterocycles. The monoisotopic (exact) mass is 377 g/mol. The van der Waals surface area contributed by atoms with Gasteiger partial charge in [0, 0.05) is 23.3 Å². The smallest absolute Gasteiger partial charge is 0.335 e. The Hall–Kier alpha value is -2.40. The van der Waals surface area contributed by atoms with E-state index in [0.29, 0.717) is 29.7 Å². The van der Waals surface area contributed by atoms with Crippen molar-refractivity contribution in [2.75, 3.05) is 11.9 Å². The number of hydrogen-bond donors (Lipinski definition) is 2. The summed E-state index contributed by atoms with van der Waals surface area (Å²) in [4.78, 5) is 11.0. The van der Waals surface area contributed by atoms with Crippen molar-refractivity contribution >= 4 is 23.3 Å². The van der Waals surface area contributed by atoms with Crippen LogP contribution >= 0.6 is 11.6 Å². The maximum Gasteiger partial charge on any atom is 0.335 e. The number of rotatable bonds is 8. The quantitative estimate of drug-likeness (QED) is 0.666. The summed E-state index contributed by atoms with van der Waals surface area (Å²) in [6.07, 6.45) is 0.0182. The summed E-state index contributed by atoms with van der Waals surface area (Å²) in [6.45, 7) is 8.68. The molecule has 0 atom stereocenters. The van der Waals surface area contributed by atoms with Gasteiger partial charge in [-0.2, -0.15) is 0 Å². The van der Waals surface area contributed by atoms with Gasteiger partial charge in [0.15, 0.2) is 11.5 Å². The second-order valence-electron chi connectivity index (χ2n) is 6.18. The van der Waals surface area contributed by atoms with E-state index < -0.39 is 5.97 Å². The van der Waals surface area contributed by atoms with Gasteiger partial charge in [-0.25, -0.2) is 4.79 Å². The van der Waals surface area contributed by atoms with Crippen LogP contribution in [0.5, 0.6) is 11.5 Å². The molecule has 0 unspecified atom stereocenters. The summed E-state index contributed by atoms with van der Waals surface area (Å²) < 4.78 is 11.4. The molecule has 140 valence electrons. The van der Waals surface area contributed by atoms with Crippen molar-refractivity contribution in [2.24, 2.45) is 0 Å². The Labute approximate surface area is 158 Å². The summed E-state index contributed by atoms with van der Waals surface area (Å²) in [5.74, 6) is 0.336. The Morgan fingerprint density at radius 2 is 1.96 bits per heavy atom. The number of hydrogen-bond acceptors (Lipinski definition) is 4. The second kappa shape index (κ2) is 8.81. The highest BCUT2D eigenvalue weighted by molar-refractivity contribution is 6.31. The van der Waals surface area contributed by atoms with Crippen LogP contribution in [0.15, 0.2) is 30.3 Å². The van der Waals surface area contributed by atoms with Crippen LogP contribution < -0.4 is 14.8 Å². The fourth-order valence-electron chi connectivity index (χ4n) is 2.51. The number of aryl methyl sites for hydroxylation is 1. The minimum Gasteiger partial charge on any atom is -0.490 e. The molecule has 0 aliphatic rings. The number of benzene rings is 2. The second-order valence-corrected chi connectivity index (χ2v) is 6.59. The van der Waals surface area contributed by atoms with Crippen LogP contribution in [0.1, 0.15) is 42.3 Å².